The molecular weight excluding hydrogens is 341 g/mol. The van der Waals surface area contributed by atoms with Crippen molar-refractivity contribution in [3.8, 4) is 0 Å². The molecule has 0 spiro atoms. The summed E-state index contributed by atoms with van der Waals surface area (Å²) >= 11 is 2.99. The van der Waals surface area contributed by atoms with Crippen molar-refractivity contribution < 1.29 is 4.79 Å². The summed E-state index contributed by atoms with van der Waals surface area (Å²) in [5.74, 6) is -0.0519. The molecule has 2 heterocycles. The van der Waals surface area contributed by atoms with E-state index in [1.807, 2.05) is 61.3 Å². The van der Waals surface area contributed by atoms with Crippen LogP contribution in [0.3, 0.4) is 0 Å². The summed E-state index contributed by atoms with van der Waals surface area (Å²) in [5, 5.41) is 0. The van der Waals surface area contributed by atoms with E-state index in [4.69, 9.17) is 0 Å². The molecule has 1 aromatic carbocycles. The third kappa shape index (κ3) is 2.61. The zero-order valence-electron chi connectivity index (χ0n) is 12.4. The Kier molecular flexibility index (Phi) is 3.92. The van der Waals surface area contributed by atoms with E-state index in [9.17, 15) is 4.79 Å². The van der Waals surface area contributed by atoms with E-state index in [2.05, 4.69) is 20.6 Å². The molecule has 110 valence electrons. The maximum absolute atomic E-state index is 12.8. The van der Waals surface area contributed by atoms with E-state index in [-0.39, 0.29) is 5.91 Å². The Morgan fingerprint density at radius 2 is 1.91 bits per heavy atom. The molecule has 1 fully saturated rings. The van der Waals surface area contributed by atoms with Crippen molar-refractivity contribution in [1.29, 1.82) is 0 Å². The molecule has 5 heteroatoms. The minimum atomic E-state index is -0.0519. The first kappa shape index (κ1) is 14.7. The molecule has 0 radical (unpaired) electrons. The molecular formula is C17H15N3OSe. The molecule has 0 unspecified atom stereocenters. The first-order valence-electron chi connectivity index (χ1n) is 6.88. The molecule has 1 saturated heterocycles. The van der Waals surface area contributed by atoms with Crippen LogP contribution in [0.25, 0.3) is 6.08 Å². The van der Waals surface area contributed by atoms with E-state index < -0.39 is 0 Å². The molecule has 0 N–H and O–H groups in total. The fourth-order valence-electron chi connectivity index (χ4n) is 2.30. The number of carbonyl (C=O) groups excluding carboxylic acids is 1. The topological polar surface area (TPSA) is 36.4 Å². The van der Waals surface area contributed by atoms with Gasteiger partial charge in [0.25, 0.3) is 0 Å². The predicted molar refractivity (Wildman–Crippen MR) is 89.4 cm³/mol. The number of pyridine rings is 1. The van der Waals surface area contributed by atoms with Gasteiger partial charge in [-0.15, -0.1) is 0 Å². The van der Waals surface area contributed by atoms with Crippen molar-refractivity contribution in [3.05, 3.63) is 65.6 Å². The normalized spacial score (nSPS) is 16.7. The van der Waals surface area contributed by atoms with E-state index in [0.717, 1.165) is 21.5 Å². The second kappa shape index (κ2) is 5.87. The van der Waals surface area contributed by atoms with Crippen molar-refractivity contribution in [2.45, 2.75) is 6.92 Å². The van der Waals surface area contributed by atoms with E-state index >= 15 is 0 Å². The quantitative estimate of drug-likeness (QED) is 0.610. The van der Waals surface area contributed by atoms with Crippen molar-refractivity contribution in [2.24, 2.45) is 0 Å². The zero-order valence-corrected chi connectivity index (χ0v) is 14.1. The molecule has 4 nitrogen and oxygen atoms in total. The number of amides is 1. The van der Waals surface area contributed by atoms with E-state index in [1.165, 1.54) is 0 Å². The predicted octanol–water partition coefficient (Wildman–Crippen LogP) is 1.97. The number of carbonyl (C=O) groups is 1. The van der Waals surface area contributed by atoms with Gasteiger partial charge in [-0.3, -0.25) is 0 Å². The van der Waals surface area contributed by atoms with Crippen molar-refractivity contribution >= 4 is 37.9 Å². The average molecular weight is 356 g/mol. The molecule has 3 rings (SSSR count). The average Bonchev–Trinajstić information content (AvgIpc) is 2.73. The van der Waals surface area contributed by atoms with Gasteiger partial charge in [-0.25, -0.2) is 0 Å². The second-order valence-electron chi connectivity index (χ2n) is 5.13. The minimum absolute atomic E-state index is 0.0519. The molecule has 2 aromatic rings. The summed E-state index contributed by atoms with van der Waals surface area (Å²) in [6.07, 6.45) is 5.30. The van der Waals surface area contributed by atoms with Gasteiger partial charge in [0, 0.05) is 0 Å². The summed E-state index contributed by atoms with van der Waals surface area (Å²) in [4.78, 5) is 20.4. The van der Waals surface area contributed by atoms with Gasteiger partial charge in [0.1, 0.15) is 0 Å². The van der Waals surface area contributed by atoms with Gasteiger partial charge >= 0.3 is 137 Å². The summed E-state index contributed by atoms with van der Waals surface area (Å²) < 4.78 is 0.768. The number of hydrogen-bond donors (Lipinski definition) is 0. The number of nitrogens with zero attached hydrogens (tertiary/aromatic N) is 3. The Balaban J connectivity index is 1.99. The van der Waals surface area contributed by atoms with Gasteiger partial charge in [-0.1, -0.05) is 0 Å². The van der Waals surface area contributed by atoms with Crippen LogP contribution < -0.4 is 4.90 Å². The van der Waals surface area contributed by atoms with Gasteiger partial charge in [0.05, 0.1) is 0 Å². The summed E-state index contributed by atoms with van der Waals surface area (Å²) in [7, 11) is 1.88. The van der Waals surface area contributed by atoms with Crippen LogP contribution in [0.15, 0.2) is 54.5 Å². The molecule has 22 heavy (non-hydrogen) atoms. The number of aryl methyl sites for hydroxylation is 1. The molecule has 0 atom stereocenters. The zero-order chi connectivity index (χ0) is 15.7. The fraction of sp³-hybridized carbons (Fsp3) is 0.118. The van der Waals surface area contributed by atoms with Gasteiger partial charge in [-0.05, 0) is 0 Å². The Hall–Kier alpha value is -2.23. The third-order valence-corrected chi connectivity index (χ3v) is 4.50. The van der Waals surface area contributed by atoms with Gasteiger partial charge in [-0.2, -0.15) is 0 Å². The number of hydrogen-bond acceptors (Lipinski definition) is 3. The Morgan fingerprint density at radius 1 is 1.18 bits per heavy atom. The van der Waals surface area contributed by atoms with E-state index in [1.54, 1.807) is 17.3 Å². The number of aromatic nitrogens is 1. The number of likely N-dealkylation sites (N-methyl/N-ethyl adjacent to an activating group) is 1. The first-order valence-corrected chi connectivity index (χ1v) is 7.74. The van der Waals surface area contributed by atoms with Crippen LogP contribution in [-0.2, 0) is 4.79 Å². The summed E-state index contributed by atoms with van der Waals surface area (Å²) in [5.41, 5.74) is 3.53. The van der Waals surface area contributed by atoms with Crippen molar-refractivity contribution in [1.82, 2.24) is 9.88 Å². The third-order valence-electron chi connectivity index (χ3n) is 3.54. The summed E-state index contributed by atoms with van der Waals surface area (Å²) in [6.45, 7) is 2.03. The fourth-order valence-corrected chi connectivity index (χ4v) is 2.90. The van der Waals surface area contributed by atoms with Crippen LogP contribution >= 0.6 is 0 Å². The molecule has 0 bridgehead atoms. The molecule has 0 aliphatic carbocycles. The van der Waals surface area contributed by atoms with Crippen LogP contribution in [-0.4, -0.2) is 43.1 Å². The summed E-state index contributed by atoms with van der Waals surface area (Å²) in [6, 6.07) is 11.7. The second-order valence-corrected chi connectivity index (χ2v) is 5.90. The standard InChI is InChI=1S/C17H15N3OSe/c1-12-5-7-14(8-6-12)20-16(21)15(19(2)17(20)22)10-13-4-3-9-18-11-13/h3-11H,1-2H3. The van der Waals surface area contributed by atoms with Crippen LogP contribution in [0.1, 0.15) is 11.1 Å². The molecule has 1 aromatic heterocycles. The SMILES string of the molecule is Cc1ccc(N2C(=O)C(=Cc3cccnc3)N(C)C2=[Se])cc1. The van der Waals surface area contributed by atoms with Crippen LogP contribution in [0, 0.1) is 6.92 Å². The van der Waals surface area contributed by atoms with Gasteiger partial charge in [0.2, 0.25) is 0 Å². The van der Waals surface area contributed by atoms with Crippen LogP contribution in [0.2, 0.25) is 0 Å². The van der Waals surface area contributed by atoms with Crippen molar-refractivity contribution in [3.63, 3.8) is 0 Å². The Morgan fingerprint density at radius 3 is 2.55 bits per heavy atom. The van der Waals surface area contributed by atoms with Crippen LogP contribution in [0.5, 0.6) is 0 Å². The molecule has 0 saturated carbocycles. The number of rotatable bonds is 2. The first-order chi connectivity index (χ1) is 10.6. The number of benzene rings is 1. The Bertz CT molecular complexity index is 753. The van der Waals surface area contributed by atoms with Gasteiger partial charge < -0.3 is 0 Å². The molecule has 1 amide bonds. The maximum atomic E-state index is 12.8. The monoisotopic (exact) mass is 357 g/mol. The Labute approximate surface area is 137 Å². The molecule has 1 aliphatic rings. The van der Waals surface area contributed by atoms with Crippen molar-refractivity contribution in [2.75, 3.05) is 11.9 Å². The van der Waals surface area contributed by atoms with Crippen LogP contribution in [0.4, 0.5) is 5.69 Å². The van der Waals surface area contributed by atoms with E-state index in [0.29, 0.717) is 5.70 Å². The number of anilines is 1. The van der Waals surface area contributed by atoms with Gasteiger partial charge in [0.15, 0.2) is 0 Å². The molecule has 1 aliphatic heterocycles.